The van der Waals surface area contributed by atoms with Crippen LogP contribution in [-0.2, 0) is 9.59 Å². The van der Waals surface area contributed by atoms with Crippen LogP contribution < -0.4 is 20.9 Å². The minimum absolute atomic E-state index is 0.195. The molecule has 1 aliphatic carbocycles. The van der Waals surface area contributed by atoms with Gasteiger partial charge in [-0.2, -0.15) is 4.98 Å². The molecule has 0 unspecified atom stereocenters. The average Bonchev–Trinajstić information content (AvgIpc) is 3.23. The van der Waals surface area contributed by atoms with Gasteiger partial charge in [0.05, 0.1) is 16.3 Å². The molecule has 9 nitrogen and oxygen atoms in total. The molecule has 2 aliphatic rings. The van der Waals surface area contributed by atoms with E-state index in [0.29, 0.717) is 17.5 Å². The summed E-state index contributed by atoms with van der Waals surface area (Å²) in [5.74, 6) is 0.364. The fourth-order valence-corrected chi connectivity index (χ4v) is 5.09. The third-order valence-corrected chi connectivity index (χ3v) is 7.29. The lowest BCUT2D eigenvalue weighted by molar-refractivity contribution is -0.122. The second-order valence-corrected chi connectivity index (χ2v) is 9.85. The van der Waals surface area contributed by atoms with Crippen molar-refractivity contribution in [3.63, 3.8) is 0 Å². The van der Waals surface area contributed by atoms with E-state index in [-0.39, 0.29) is 17.7 Å². The molecule has 6 rings (SSSR count). The van der Waals surface area contributed by atoms with Crippen LogP contribution in [0.1, 0.15) is 12.8 Å². The Labute approximate surface area is 211 Å². The summed E-state index contributed by atoms with van der Waals surface area (Å²) in [6, 6.07) is 16.8. The Hall–Kier alpha value is -4.02. The molecular weight excluding hydrogens is 476 g/mol. The van der Waals surface area contributed by atoms with E-state index in [1.165, 1.54) is 0 Å². The zero-order chi connectivity index (χ0) is 24.6. The first-order chi connectivity index (χ1) is 17.5. The number of anilines is 6. The van der Waals surface area contributed by atoms with Gasteiger partial charge in [0.25, 0.3) is 0 Å². The van der Waals surface area contributed by atoms with Crippen molar-refractivity contribution < 1.29 is 14.7 Å². The molecule has 1 saturated carbocycles. The van der Waals surface area contributed by atoms with Crippen molar-refractivity contribution in [3.05, 3.63) is 60.0 Å². The van der Waals surface area contributed by atoms with Gasteiger partial charge >= 0.3 is 0 Å². The fourth-order valence-electron chi connectivity index (χ4n) is 4.32. The number of hydrogen-bond acceptors (Lipinski definition) is 10. The Morgan fingerprint density at radius 1 is 0.889 bits per heavy atom. The first-order valence-corrected chi connectivity index (χ1v) is 12.7. The molecule has 2 fully saturated rings. The summed E-state index contributed by atoms with van der Waals surface area (Å²) in [4.78, 5) is 34.4. The van der Waals surface area contributed by atoms with E-state index in [9.17, 15) is 14.7 Å². The molecule has 1 saturated heterocycles. The molecule has 0 bridgehead atoms. The maximum Gasteiger partial charge on any atom is 0.231 e. The van der Waals surface area contributed by atoms with Gasteiger partial charge in [-0.05, 0) is 66.8 Å². The van der Waals surface area contributed by atoms with Crippen molar-refractivity contribution >= 4 is 67.6 Å². The molecule has 2 aromatic heterocycles. The van der Waals surface area contributed by atoms with Crippen LogP contribution in [0.15, 0.2) is 60.0 Å². The third-order valence-electron chi connectivity index (χ3n) is 6.38. The maximum absolute atomic E-state index is 11.4. The molecule has 4 aromatic rings. The lowest BCUT2D eigenvalue weighted by Gasteiger charge is -2.31. The Balaban J connectivity index is 1.20. The van der Waals surface area contributed by atoms with E-state index in [0.717, 1.165) is 53.2 Å². The monoisotopic (exact) mass is 500 g/mol. The third kappa shape index (κ3) is 4.60. The Kier molecular flexibility index (Phi) is 5.74. The summed E-state index contributed by atoms with van der Waals surface area (Å²) in [5, 5.41) is 21.3. The molecule has 0 radical (unpaired) electrons. The van der Waals surface area contributed by atoms with Crippen molar-refractivity contribution in [2.75, 3.05) is 33.9 Å². The Bertz CT molecular complexity index is 1430. The molecule has 36 heavy (non-hydrogen) atoms. The van der Waals surface area contributed by atoms with Gasteiger partial charge in [0.2, 0.25) is 17.5 Å². The molecule has 4 N–H and O–H groups in total. The number of aliphatic hydroxyl groups excluding tert-OH is 1. The van der Waals surface area contributed by atoms with E-state index < -0.39 is 6.04 Å². The lowest BCUT2D eigenvalue weighted by Crippen LogP contribution is -2.35. The molecule has 0 spiro atoms. The van der Waals surface area contributed by atoms with Crippen molar-refractivity contribution in [2.24, 2.45) is 0 Å². The predicted molar refractivity (Wildman–Crippen MR) is 142 cm³/mol. The van der Waals surface area contributed by atoms with Gasteiger partial charge in [0.1, 0.15) is 0 Å². The molecule has 2 aromatic carbocycles. The first-order valence-electron chi connectivity index (χ1n) is 11.8. The minimum Gasteiger partial charge on any atom is -0.393 e. The second kappa shape index (κ2) is 9.21. The van der Waals surface area contributed by atoms with Gasteiger partial charge in [-0.1, -0.05) is 6.07 Å². The lowest BCUT2D eigenvalue weighted by atomic mass is 10.1. The van der Waals surface area contributed by atoms with Crippen molar-refractivity contribution in [3.8, 4) is 0 Å². The zero-order valence-electron chi connectivity index (χ0n) is 19.3. The number of benzene rings is 2. The molecule has 0 atom stereocenters. The zero-order valence-corrected chi connectivity index (χ0v) is 20.1. The van der Waals surface area contributed by atoms with Crippen LogP contribution >= 0.6 is 11.3 Å². The summed E-state index contributed by atoms with van der Waals surface area (Å²) >= 11 is 1.55. The maximum atomic E-state index is 11.4. The SMILES string of the molecule is O=C1C(=O)C1Nc1cccc(Nc2nc(Nc3ccc(N4CCC(O)CC4)cc3)nc3ccsc23)c1. The standard InChI is InChI=1S/C26H24N6O3S/c33-19-8-11-32(12-9-19)18-6-4-15(5-7-18)29-26-30-20-10-13-36-24(20)25(31-26)28-17-3-1-2-16(14-17)27-21-22(34)23(21)35/h1-7,10,13-14,19,21,27,33H,8-9,11-12H2,(H2,28,29,30,31). The van der Waals surface area contributed by atoms with Crippen LogP contribution in [0.3, 0.4) is 0 Å². The van der Waals surface area contributed by atoms with Crippen LogP contribution in [0.4, 0.5) is 34.5 Å². The highest BCUT2D eigenvalue weighted by Crippen LogP contribution is 2.32. The second-order valence-electron chi connectivity index (χ2n) is 8.93. The van der Waals surface area contributed by atoms with Gasteiger partial charge in [0.15, 0.2) is 11.9 Å². The summed E-state index contributed by atoms with van der Waals surface area (Å²) in [5.41, 5.74) is 4.29. The molecule has 182 valence electrons. The number of carbonyl (C=O) groups is 2. The van der Waals surface area contributed by atoms with Gasteiger partial charge in [-0.3, -0.25) is 9.59 Å². The average molecular weight is 501 g/mol. The first kappa shape index (κ1) is 22.4. The Morgan fingerprint density at radius 3 is 2.39 bits per heavy atom. The summed E-state index contributed by atoms with van der Waals surface area (Å²) < 4.78 is 0.925. The number of piperidine rings is 1. The van der Waals surface area contributed by atoms with Crippen molar-refractivity contribution in [1.82, 2.24) is 9.97 Å². The highest BCUT2D eigenvalue weighted by Gasteiger charge is 2.48. The van der Waals surface area contributed by atoms with Gasteiger partial charge < -0.3 is 26.0 Å². The number of carbonyl (C=O) groups excluding carboxylic acids is 2. The van der Waals surface area contributed by atoms with E-state index in [1.807, 2.05) is 47.8 Å². The van der Waals surface area contributed by atoms with Crippen LogP contribution in [0.2, 0.25) is 0 Å². The summed E-state index contributed by atoms with van der Waals surface area (Å²) in [6.07, 6.45) is 1.39. The number of aliphatic hydroxyl groups is 1. The van der Waals surface area contributed by atoms with Gasteiger partial charge in [0, 0.05) is 35.8 Å². The number of aromatic nitrogens is 2. The van der Waals surface area contributed by atoms with Crippen molar-refractivity contribution in [1.29, 1.82) is 0 Å². The predicted octanol–water partition coefficient (Wildman–Crippen LogP) is 4.07. The highest BCUT2D eigenvalue weighted by molar-refractivity contribution is 7.17. The number of hydrogen-bond donors (Lipinski definition) is 4. The van der Waals surface area contributed by atoms with Gasteiger partial charge in [-0.25, -0.2) is 4.98 Å². The van der Waals surface area contributed by atoms with Crippen LogP contribution in [-0.4, -0.2) is 51.9 Å². The highest BCUT2D eigenvalue weighted by atomic mass is 32.1. The normalized spacial score (nSPS) is 16.4. The molecular formula is C26H24N6O3S. The number of Topliss-reactive ketones (excluding diaryl/α,β-unsaturated/α-hetero) is 2. The smallest absolute Gasteiger partial charge is 0.231 e. The van der Waals surface area contributed by atoms with E-state index >= 15 is 0 Å². The van der Waals surface area contributed by atoms with E-state index in [1.54, 1.807) is 11.3 Å². The molecule has 0 amide bonds. The molecule has 10 heteroatoms. The van der Waals surface area contributed by atoms with E-state index in [2.05, 4.69) is 38.0 Å². The molecule has 3 heterocycles. The largest absolute Gasteiger partial charge is 0.393 e. The van der Waals surface area contributed by atoms with Crippen LogP contribution in [0, 0.1) is 0 Å². The number of fused-ring (bicyclic) bond motifs is 1. The van der Waals surface area contributed by atoms with E-state index in [4.69, 9.17) is 4.98 Å². The topological polar surface area (TPSA) is 119 Å². The Morgan fingerprint density at radius 2 is 1.64 bits per heavy atom. The minimum atomic E-state index is -0.730. The number of rotatable bonds is 7. The van der Waals surface area contributed by atoms with Crippen LogP contribution in [0.25, 0.3) is 10.2 Å². The number of thiophene rings is 1. The summed E-state index contributed by atoms with van der Waals surface area (Å²) in [6.45, 7) is 1.70. The molecule has 1 aliphatic heterocycles. The van der Waals surface area contributed by atoms with Crippen molar-refractivity contribution in [2.45, 2.75) is 25.0 Å². The number of ketones is 2. The van der Waals surface area contributed by atoms with Gasteiger partial charge in [-0.15, -0.1) is 11.3 Å². The number of nitrogens with one attached hydrogen (secondary N) is 3. The fraction of sp³-hybridized carbons (Fsp3) is 0.231. The quantitative estimate of drug-likeness (QED) is 0.220. The van der Waals surface area contributed by atoms with Crippen LogP contribution in [0.5, 0.6) is 0 Å². The number of nitrogens with zero attached hydrogens (tertiary/aromatic N) is 3. The summed E-state index contributed by atoms with van der Waals surface area (Å²) in [7, 11) is 0.